The molecular formula is C14H17BrIN3O2. The molecule has 114 valence electrons. The predicted octanol–water partition coefficient (Wildman–Crippen LogP) is 1.73. The Morgan fingerprint density at radius 2 is 2.05 bits per heavy atom. The summed E-state index contributed by atoms with van der Waals surface area (Å²) >= 11 is 5.58. The van der Waals surface area contributed by atoms with Crippen LogP contribution in [0, 0.1) is 3.57 Å². The van der Waals surface area contributed by atoms with Crippen LogP contribution in [0.5, 0.6) is 0 Å². The van der Waals surface area contributed by atoms with E-state index < -0.39 is 5.91 Å². The van der Waals surface area contributed by atoms with Crippen LogP contribution < -0.4 is 11.1 Å². The van der Waals surface area contributed by atoms with E-state index in [-0.39, 0.29) is 18.5 Å². The van der Waals surface area contributed by atoms with Gasteiger partial charge in [-0.15, -0.1) is 0 Å². The lowest BCUT2D eigenvalue weighted by atomic mass is 10.0. The number of amides is 2. The highest BCUT2D eigenvalue weighted by atomic mass is 127. The van der Waals surface area contributed by atoms with Gasteiger partial charge in [0.1, 0.15) is 0 Å². The van der Waals surface area contributed by atoms with Gasteiger partial charge in [-0.3, -0.25) is 9.59 Å². The minimum Gasteiger partial charge on any atom is -0.368 e. The Morgan fingerprint density at radius 3 is 2.67 bits per heavy atom. The van der Waals surface area contributed by atoms with E-state index in [1.807, 2.05) is 18.2 Å². The van der Waals surface area contributed by atoms with Crippen molar-refractivity contribution in [2.75, 3.05) is 19.6 Å². The normalized spacial score (nSPS) is 15.7. The van der Waals surface area contributed by atoms with Gasteiger partial charge in [0.05, 0.1) is 12.1 Å². The van der Waals surface area contributed by atoms with E-state index in [1.165, 1.54) is 0 Å². The lowest BCUT2D eigenvalue weighted by Gasteiger charge is -2.34. The summed E-state index contributed by atoms with van der Waals surface area (Å²) in [4.78, 5) is 25.8. The maximum atomic E-state index is 12.8. The summed E-state index contributed by atoms with van der Waals surface area (Å²) < 4.78 is 1.71. The maximum absolute atomic E-state index is 12.8. The second kappa shape index (κ2) is 7.55. The number of nitrogens with one attached hydrogen (secondary N) is 1. The first kappa shape index (κ1) is 16.7. The zero-order chi connectivity index (χ0) is 15.4. The summed E-state index contributed by atoms with van der Waals surface area (Å²) in [7, 11) is 0. The van der Waals surface area contributed by atoms with Crippen LogP contribution in [0.3, 0.4) is 0 Å². The molecule has 0 spiro atoms. The molecule has 1 fully saturated rings. The number of piperidine rings is 1. The van der Waals surface area contributed by atoms with E-state index in [0.717, 1.165) is 34.0 Å². The Kier molecular flexibility index (Phi) is 6.00. The molecule has 1 aromatic rings. The average Bonchev–Trinajstić information content (AvgIpc) is 2.47. The summed E-state index contributed by atoms with van der Waals surface area (Å²) in [5, 5.41) is 3.26. The molecule has 0 bridgehead atoms. The highest BCUT2D eigenvalue weighted by molar-refractivity contribution is 14.1. The van der Waals surface area contributed by atoms with Gasteiger partial charge in [-0.1, -0.05) is 0 Å². The smallest absolute Gasteiger partial charge is 0.255 e. The van der Waals surface area contributed by atoms with E-state index >= 15 is 0 Å². The van der Waals surface area contributed by atoms with Crippen LogP contribution >= 0.6 is 38.5 Å². The number of nitrogens with two attached hydrogens (primary N) is 1. The largest absolute Gasteiger partial charge is 0.368 e. The molecule has 0 radical (unpaired) electrons. The van der Waals surface area contributed by atoms with Crippen LogP contribution in [0.15, 0.2) is 22.7 Å². The van der Waals surface area contributed by atoms with Gasteiger partial charge in [-0.25, -0.2) is 0 Å². The van der Waals surface area contributed by atoms with Gasteiger partial charge in [0.15, 0.2) is 0 Å². The molecule has 1 aliphatic heterocycles. The highest BCUT2D eigenvalue weighted by Crippen LogP contribution is 2.23. The number of hydrogen-bond donors (Lipinski definition) is 2. The first-order valence-corrected chi connectivity index (χ1v) is 8.61. The minimum absolute atomic E-state index is 0.0403. The van der Waals surface area contributed by atoms with Crippen molar-refractivity contribution in [3.63, 3.8) is 0 Å². The molecule has 0 atom stereocenters. The van der Waals surface area contributed by atoms with Gasteiger partial charge in [0.2, 0.25) is 5.91 Å². The highest BCUT2D eigenvalue weighted by Gasteiger charge is 2.28. The van der Waals surface area contributed by atoms with E-state index in [0.29, 0.717) is 5.56 Å². The van der Waals surface area contributed by atoms with Crippen molar-refractivity contribution in [1.29, 1.82) is 0 Å². The Labute approximate surface area is 145 Å². The molecule has 0 aromatic heterocycles. The number of rotatable bonds is 4. The van der Waals surface area contributed by atoms with Crippen LogP contribution in [0.4, 0.5) is 0 Å². The molecule has 3 N–H and O–H groups in total. The zero-order valence-corrected chi connectivity index (χ0v) is 15.2. The summed E-state index contributed by atoms with van der Waals surface area (Å²) in [5.41, 5.74) is 5.89. The molecule has 1 aliphatic rings. The van der Waals surface area contributed by atoms with Gasteiger partial charge in [0.25, 0.3) is 5.91 Å². The number of hydrogen-bond acceptors (Lipinski definition) is 3. The average molecular weight is 466 g/mol. The van der Waals surface area contributed by atoms with Crippen molar-refractivity contribution in [2.24, 2.45) is 5.73 Å². The van der Waals surface area contributed by atoms with Crippen LogP contribution in [-0.4, -0.2) is 42.4 Å². The molecule has 1 aromatic carbocycles. The Bertz CT molecular complexity index is 547. The topological polar surface area (TPSA) is 75.4 Å². The summed E-state index contributed by atoms with van der Waals surface area (Å²) in [6.07, 6.45) is 1.67. The fourth-order valence-corrected chi connectivity index (χ4v) is 3.38. The van der Waals surface area contributed by atoms with Crippen molar-refractivity contribution < 1.29 is 9.59 Å². The first-order chi connectivity index (χ1) is 9.99. The molecule has 7 heteroatoms. The molecule has 2 rings (SSSR count). The quantitative estimate of drug-likeness (QED) is 0.665. The molecule has 0 unspecified atom stereocenters. The Hall–Kier alpha value is -0.670. The third-order valence-corrected chi connectivity index (χ3v) is 4.86. The fraction of sp³-hybridized carbons (Fsp3) is 0.429. The van der Waals surface area contributed by atoms with Crippen molar-refractivity contribution in [3.05, 3.63) is 31.8 Å². The van der Waals surface area contributed by atoms with Gasteiger partial charge < -0.3 is 16.0 Å². The second-order valence-corrected chi connectivity index (χ2v) is 7.10. The molecule has 2 amide bonds. The van der Waals surface area contributed by atoms with Crippen molar-refractivity contribution in [3.8, 4) is 0 Å². The lowest BCUT2D eigenvalue weighted by molar-refractivity contribution is -0.119. The van der Waals surface area contributed by atoms with Crippen molar-refractivity contribution in [1.82, 2.24) is 10.2 Å². The standard InChI is InChI=1S/C14H17BrIN3O2/c15-12-2-1-9(16)7-11(12)14(21)19(8-13(17)20)10-3-5-18-6-4-10/h1-2,7,10,18H,3-6,8H2,(H2,17,20). The van der Waals surface area contributed by atoms with E-state index in [2.05, 4.69) is 43.8 Å². The third kappa shape index (κ3) is 4.40. The molecule has 1 saturated heterocycles. The molecule has 5 nitrogen and oxygen atoms in total. The fourth-order valence-electron chi connectivity index (χ4n) is 2.47. The number of carbonyl (C=O) groups excluding carboxylic acids is 2. The SMILES string of the molecule is NC(=O)CN(C(=O)c1cc(I)ccc1Br)C1CCNCC1. The molecule has 0 saturated carbocycles. The minimum atomic E-state index is -0.483. The Balaban J connectivity index is 2.28. The summed E-state index contributed by atoms with van der Waals surface area (Å²) in [6, 6.07) is 5.64. The van der Waals surface area contributed by atoms with E-state index in [4.69, 9.17) is 5.73 Å². The van der Waals surface area contributed by atoms with Crippen LogP contribution in [-0.2, 0) is 4.79 Å². The molecular weight excluding hydrogens is 449 g/mol. The van der Waals surface area contributed by atoms with Gasteiger partial charge in [-0.2, -0.15) is 0 Å². The number of nitrogens with zero attached hydrogens (tertiary/aromatic N) is 1. The first-order valence-electron chi connectivity index (χ1n) is 6.74. The molecule has 0 aliphatic carbocycles. The zero-order valence-electron chi connectivity index (χ0n) is 11.4. The number of carbonyl (C=O) groups is 2. The van der Waals surface area contributed by atoms with Crippen LogP contribution in [0.2, 0.25) is 0 Å². The van der Waals surface area contributed by atoms with Gasteiger partial charge in [0, 0.05) is 14.1 Å². The Morgan fingerprint density at radius 1 is 1.38 bits per heavy atom. The van der Waals surface area contributed by atoms with Crippen LogP contribution in [0.25, 0.3) is 0 Å². The third-order valence-electron chi connectivity index (χ3n) is 3.50. The van der Waals surface area contributed by atoms with Crippen molar-refractivity contribution >= 4 is 50.3 Å². The lowest BCUT2D eigenvalue weighted by Crippen LogP contribution is -2.49. The number of halogens is 2. The van der Waals surface area contributed by atoms with E-state index in [9.17, 15) is 9.59 Å². The predicted molar refractivity (Wildman–Crippen MR) is 93.0 cm³/mol. The molecule has 21 heavy (non-hydrogen) atoms. The molecule has 1 heterocycles. The maximum Gasteiger partial charge on any atom is 0.255 e. The van der Waals surface area contributed by atoms with Crippen molar-refractivity contribution in [2.45, 2.75) is 18.9 Å². The van der Waals surface area contributed by atoms with Gasteiger partial charge in [-0.05, 0) is 82.7 Å². The summed E-state index contributed by atoms with van der Waals surface area (Å²) in [5.74, 6) is -0.630. The number of benzene rings is 1. The van der Waals surface area contributed by atoms with Gasteiger partial charge >= 0.3 is 0 Å². The van der Waals surface area contributed by atoms with E-state index in [1.54, 1.807) is 4.90 Å². The second-order valence-electron chi connectivity index (χ2n) is 5.00. The van der Waals surface area contributed by atoms with Crippen LogP contribution in [0.1, 0.15) is 23.2 Å². The summed E-state index contributed by atoms with van der Waals surface area (Å²) in [6.45, 7) is 1.66. The number of primary amides is 1. The monoisotopic (exact) mass is 465 g/mol.